The molecule has 0 aliphatic rings. The van der Waals surface area contributed by atoms with Crippen molar-refractivity contribution in [1.82, 2.24) is 9.97 Å². The average molecular weight is 291 g/mol. The van der Waals surface area contributed by atoms with Crippen LogP contribution in [0.5, 0.6) is 0 Å². The van der Waals surface area contributed by atoms with Crippen LogP contribution < -0.4 is 5.32 Å². The van der Waals surface area contributed by atoms with Crippen LogP contribution in [0.3, 0.4) is 0 Å². The molecule has 1 aromatic rings. The van der Waals surface area contributed by atoms with Crippen LogP contribution in [0.15, 0.2) is 12.3 Å². The maximum atomic E-state index is 12.4. The number of rotatable bonds is 5. The van der Waals surface area contributed by atoms with E-state index in [0.717, 1.165) is 12.3 Å². The molecule has 112 valence electrons. The Bertz CT molecular complexity index is 464. The molecule has 20 heavy (non-hydrogen) atoms. The first-order valence-corrected chi connectivity index (χ1v) is 6.04. The topological polar surface area (TPSA) is 64.1 Å². The molecule has 1 rings (SSSR count). The molecule has 1 heterocycles. The van der Waals surface area contributed by atoms with Crippen LogP contribution in [0.25, 0.3) is 0 Å². The lowest BCUT2D eigenvalue weighted by molar-refractivity contribution is -0.151. The van der Waals surface area contributed by atoms with Crippen LogP contribution in [-0.2, 0) is 15.7 Å². The number of aromatic nitrogens is 2. The van der Waals surface area contributed by atoms with Crippen molar-refractivity contribution in [3.8, 4) is 0 Å². The quantitative estimate of drug-likeness (QED) is 0.844. The van der Waals surface area contributed by atoms with Crippen LogP contribution in [0.1, 0.15) is 26.5 Å². The Morgan fingerprint density at radius 2 is 2.05 bits per heavy atom. The third-order valence-electron chi connectivity index (χ3n) is 2.27. The van der Waals surface area contributed by atoms with E-state index in [1.54, 1.807) is 20.8 Å². The van der Waals surface area contributed by atoms with Gasteiger partial charge in [0.15, 0.2) is 0 Å². The first-order valence-electron chi connectivity index (χ1n) is 6.04. The minimum absolute atomic E-state index is 0.0901. The van der Waals surface area contributed by atoms with E-state index in [0.29, 0.717) is 0 Å². The van der Waals surface area contributed by atoms with E-state index in [1.165, 1.54) is 0 Å². The van der Waals surface area contributed by atoms with Gasteiger partial charge in [0.25, 0.3) is 0 Å². The number of carbonyl (C=O) groups excluding carboxylic acids is 1. The normalized spacial score (nSPS) is 13.2. The average Bonchev–Trinajstić information content (AvgIpc) is 2.34. The molecule has 0 spiro atoms. The Labute approximate surface area is 114 Å². The summed E-state index contributed by atoms with van der Waals surface area (Å²) in [5.74, 6) is -1.13. The zero-order chi connectivity index (χ0) is 15.3. The molecule has 1 atom stereocenters. The van der Waals surface area contributed by atoms with Gasteiger partial charge in [-0.25, -0.2) is 9.97 Å². The van der Waals surface area contributed by atoms with Gasteiger partial charge in [-0.2, -0.15) is 13.2 Å². The van der Waals surface area contributed by atoms with Crippen molar-refractivity contribution in [1.29, 1.82) is 0 Å². The van der Waals surface area contributed by atoms with Crippen molar-refractivity contribution in [3.05, 3.63) is 18.0 Å². The number of anilines is 1. The van der Waals surface area contributed by atoms with Gasteiger partial charge >= 0.3 is 12.1 Å². The predicted molar refractivity (Wildman–Crippen MR) is 65.9 cm³/mol. The lowest BCUT2D eigenvalue weighted by Gasteiger charge is -2.14. The van der Waals surface area contributed by atoms with Gasteiger partial charge in [0.1, 0.15) is 5.69 Å². The molecule has 0 aliphatic carbocycles. The number of hydrogen-bond acceptors (Lipinski definition) is 5. The van der Waals surface area contributed by atoms with Crippen molar-refractivity contribution in [2.24, 2.45) is 5.92 Å². The lowest BCUT2D eigenvalue weighted by atomic mass is 10.2. The Balaban J connectivity index is 2.60. The molecule has 1 unspecified atom stereocenters. The fourth-order valence-electron chi connectivity index (χ4n) is 1.28. The van der Waals surface area contributed by atoms with Gasteiger partial charge in [-0.3, -0.25) is 4.79 Å². The molecular formula is C12H16F3N3O2. The number of halogens is 3. The number of esters is 1. The molecule has 1 N–H and O–H groups in total. The molecule has 0 bridgehead atoms. The third kappa shape index (κ3) is 5.02. The fraction of sp³-hybridized carbons (Fsp3) is 0.583. The second-order valence-electron chi connectivity index (χ2n) is 4.53. The van der Waals surface area contributed by atoms with Gasteiger partial charge in [-0.05, 0) is 19.9 Å². The van der Waals surface area contributed by atoms with Gasteiger partial charge in [-0.15, -0.1) is 0 Å². The highest BCUT2D eigenvalue weighted by atomic mass is 19.4. The fourth-order valence-corrected chi connectivity index (χ4v) is 1.28. The summed E-state index contributed by atoms with van der Waals surface area (Å²) in [6, 6.07) is 0.779. The van der Waals surface area contributed by atoms with E-state index in [-0.39, 0.29) is 18.6 Å². The summed E-state index contributed by atoms with van der Waals surface area (Å²) in [5, 5.41) is 2.59. The molecule has 5 nitrogen and oxygen atoms in total. The van der Waals surface area contributed by atoms with E-state index in [4.69, 9.17) is 4.74 Å². The number of hydrogen-bond donors (Lipinski definition) is 1. The maximum Gasteiger partial charge on any atom is 0.433 e. The van der Waals surface area contributed by atoms with E-state index >= 15 is 0 Å². The van der Waals surface area contributed by atoms with Crippen molar-refractivity contribution in [2.45, 2.75) is 33.1 Å². The molecule has 0 aliphatic heterocycles. The van der Waals surface area contributed by atoms with Gasteiger partial charge in [0.05, 0.1) is 12.0 Å². The van der Waals surface area contributed by atoms with Crippen molar-refractivity contribution >= 4 is 11.9 Å². The minimum atomic E-state index is -4.53. The second kappa shape index (κ2) is 6.53. The Morgan fingerprint density at radius 3 is 2.60 bits per heavy atom. The summed E-state index contributed by atoms with van der Waals surface area (Å²) in [4.78, 5) is 18.5. The van der Waals surface area contributed by atoms with Crippen LogP contribution in [-0.4, -0.2) is 28.6 Å². The van der Waals surface area contributed by atoms with Crippen molar-refractivity contribution < 1.29 is 22.7 Å². The SMILES string of the molecule is CC(C)OC(=O)C(C)CNc1nccc(C(F)(F)F)n1. The van der Waals surface area contributed by atoms with Crippen LogP contribution >= 0.6 is 0 Å². The summed E-state index contributed by atoms with van der Waals surface area (Å²) in [6.45, 7) is 5.13. The summed E-state index contributed by atoms with van der Waals surface area (Å²) < 4.78 is 42.3. The highest BCUT2D eigenvalue weighted by Crippen LogP contribution is 2.27. The van der Waals surface area contributed by atoms with Crippen molar-refractivity contribution in [2.75, 3.05) is 11.9 Å². The van der Waals surface area contributed by atoms with Gasteiger partial charge in [-0.1, -0.05) is 6.92 Å². The third-order valence-corrected chi connectivity index (χ3v) is 2.27. The van der Waals surface area contributed by atoms with E-state index in [1.807, 2.05) is 0 Å². The Kier molecular flexibility index (Phi) is 5.29. The summed E-state index contributed by atoms with van der Waals surface area (Å²) in [6.07, 6.45) is -3.76. The number of ether oxygens (including phenoxy) is 1. The molecule has 0 aromatic carbocycles. The van der Waals surface area contributed by atoms with Gasteiger partial charge in [0.2, 0.25) is 5.95 Å². The second-order valence-corrected chi connectivity index (χ2v) is 4.53. The summed E-state index contributed by atoms with van der Waals surface area (Å²) in [7, 11) is 0. The number of alkyl halides is 3. The Hall–Kier alpha value is -1.86. The lowest BCUT2D eigenvalue weighted by Crippen LogP contribution is -2.25. The number of nitrogens with zero attached hydrogens (tertiary/aromatic N) is 2. The molecule has 0 fully saturated rings. The molecule has 0 amide bonds. The van der Waals surface area contributed by atoms with Crippen LogP contribution in [0, 0.1) is 5.92 Å². The van der Waals surface area contributed by atoms with Crippen LogP contribution in [0.4, 0.5) is 19.1 Å². The zero-order valence-electron chi connectivity index (χ0n) is 11.4. The Morgan fingerprint density at radius 1 is 1.40 bits per heavy atom. The van der Waals surface area contributed by atoms with Crippen LogP contribution in [0.2, 0.25) is 0 Å². The number of carbonyl (C=O) groups is 1. The first kappa shape index (κ1) is 16.2. The van der Waals surface area contributed by atoms with E-state index < -0.39 is 23.8 Å². The minimum Gasteiger partial charge on any atom is -0.463 e. The molecule has 8 heteroatoms. The van der Waals surface area contributed by atoms with E-state index in [9.17, 15) is 18.0 Å². The highest BCUT2D eigenvalue weighted by Gasteiger charge is 2.32. The van der Waals surface area contributed by atoms with Crippen molar-refractivity contribution in [3.63, 3.8) is 0 Å². The van der Waals surface area contributed by atoms with Gasteiger partial charge in [0, 0.05) is 12.7 Å². The highest BCUT2D eigenvalue weighted by molar-refractivity contribution is 5.72. The standard InChI is InChI=1S/C12H16F3N3O2/c1-7(2)20-10(19)8(3)6-17-11-16-5-4-9(18-11)12(13,14)15/h4-5,7-8H,6H2,1-3H3,(H,16,17,18). The summed E-state index contributed by atoms with van der Waals surface area (Å²) in [5.41, 5.74) is -1.03. The first-order chi connectivity index (χ1) is 9.20. The summed E-state index contributed by atoms with van der Waals surface area (Å²) >= 11 is 0. The maximum absolute atomic E-state index is 12.4. The largest absolute Gasteiger partial charge is 0.463 e. The van der Waals surface area contributed by atoms with Gasteiger partial charge < -0.3 is 10.1 Å². The molecule has 0 saturated heterocycles. The van der Waals surface area contributed by atoms with E-state index in [2.05, 4.69) is 15.3 Å². The monoisotopic (exact) mass is 291 g/mol. The predicted octanol–water partition coefficient (Wildman–Crippen LogP) is 2.50. The molecular weight excluding hydrogens is 275 g/mol. The number of nitrogens with one attached hydrogen (secondary N) is 1. The molecule has 0 saturated carbocycles. The smallest absolute Gasteiger partial charge is 0.433 e. The molecule has 1 aromatic heterocycles. The zero-order valence-corrected chi connectivity index (χ0v) is 11.4. The molecule has 0 radical (unpaired) electrons.